The van der Waals surface area contributed by atoms with Gasteiger partial charge in [0.1, 0.15) is 5.75 Å². The number of hydrogen-bond acceptors (Lipinski definition) is 3. The van der Waals surface area contributed by atoms with E-state index in [9.17, 15) is 4.79 Å². The standard InChI is InChI=1S/C11H10BrNO2S/c1-15-10-3-2-9(12)6-8(10)7-13-4-5-16-11(13)14/h2-6H,7H2,1H3. The number of benzene rings is 1. The minimum Gasteiger partial charge on any atom is -0.496 e. The summed E-state index contributed by atoms with van der Waals surface area (Å²) in [6.07, 6.45) is 1.79. The Bertz CT molecular complexity index is 547. The molecule has 0 amide bonds. The van der Waals surface area contributed by atoms with Crippen LogP contribution in [0.15, 0.2) is 39.0 Å². The van der Waals surface area contributed by atoms with Gasteiger partial charge in [-0.15, -0.1) is 0 Å². The first-order valence-corrected chi connectivity index (χ1v) is 6.34. The normalized spacial score (nSPS) is 10.4. The molecule has 0 bridgehead atoms. The minimum atomic E-state index is 0.0435. The van der Waals surface area contributed by atoms with E-state index in [1.165, 1.54) is 11.3 Å². The van der Waals surface area contributed by atoms with Crippen LogP contribution < -0.4 is 9.61 Å². The maximum Gasteiger partial charge on any atom is 0.307 e. The zero-order chi connectivity index (χ0) is 11.5. The number of nitrogens with zero attached hydrogens (tertiary/aromatic N) is 1. The fourth-order valence-electron chi connectivity index (χ4n) is 1.46. The number of rotatable bonds is 3. The molecule has 84 valence electrons. The summed E-state index contributed by atoms with van der Waals surface area (Å²) in [5.41, 5.74) is 0.984. The van der Waals surface area contributed by atoms with E-state index in [0.29, 0.717) is 6.54 Å². The second-order valence-electron chi connectivity index (χ2n) is 3.25. The molecule has 5 heteroatoms. The molecule has 0 saturated carbocycles. The van der Waals surface area contributed by atoms with Gasteiger partial charge in [0, 0.05) is 21.6 Å². The summed E-state index contributed by atoms with van der Waals surface area (Å²) in [6, 6.07) is 5.76. The fourth-order valence-corrected chi connectivity index (χ4v) is 2.46. The molecule has 0 unspecified atom stereocenters. The molecule has 1 aromatic heterocycles. The molecule has 0 aliphatic heterocycles. The van der Waals surface area contributed by atoms with Crippen molar-refractivity contribution in [3.8, 4) is 5.75 Å². The van der Waals surface area contributed by atoms with Crippen LogP contribution in [-0.4, -0.2) is 11.7 Å². The van der Waals surface area contributed by atoms with E-state index < -0.39 is 0 Å². The second-order valence-corrected chi connectivity index (χ2v) is 5.03. The highest BCUT2D eigenvalue weighted by Crippen LogP contribution is 2.23. The summed E-state index contributed by atoms with van der Waals surface area (Å²) in [6.45, 7) is 0.533. The number of hydrogen-bond donors (Lipinski definition) is 0. The lowest BCUT2D eigenvalue weighted by molar-refractivity contribution is 0.408. The third kappa shape index (κ3) is 2.36. The first kappa shape index (κ1) is 11.4. The van der Waals surface area contributed by atoms with Gasteiger partial charge in [0.05, 0.1) is 13.7 Å². The van der Waals surface area contributed by atoms with Crippen molar-refractivity contribution in [3.05, 3.63) is 49.5 Å². The lowest BCUT2D eigenvalue weighted by atomic mass is 10.2. The Hall–Kier alpha value is -1.07. The Balaban J connectivity index is 2.37. The van der Waals surface area contributed by atoms with Crippen LogP contribution >= 0.6 is 27.3 Å². The number of halogens is 1. The molecule has 0 aliphatic carbocycles. The molecule has 1 aromatic carbocycles. The van der Waals surface area contributed by atoms with Crippen LogP contribution in [0.1, 0.15) is 5.56 Å². The van der Waals surface area contributed by atoms with Gasteiger partial charge < -0.3 is 9.30 Å². The molecule has 0 spiro atoms. The van der Waals surface area contributed by atoms with E-state index in [1.54, 1.807) is 23.3 Å². The smallest absolute Gasteiger partial charge is 0.307 e. The molecule has 3 nitrogen and oxygen atoms in total. The number of aromatic nitrogens is 1. The lowest BCUT2D eigenvalue weighted by Crippen LogP contribution is -2.13. The number of ether oxygens (including phenoxy) is 1. The molecule has 0 N–H and O–H groups in total. The van der Waals surface area contributed by atoms with E-state index in [0.717, 1.165) is 15.8 Å². The van der Waals surface area contributed by atoms with Gasteiger partial charge in [-0.25, -0.2) is 0 Å². The fraction of sp³-hybridized carbons (Fsp3) is 0.182. The largest absolute Gasteiger partial charge is 0.496 e. The molecule has 0 radical (unpaired) electrons. The highest BCUT2D eigenvalue weighted by atomic mass is 79.9. The molecule has 0 fully saturated rings. The number of methoxy groups -OCH3 is 1. The zero-order valence-electron chi connectivity index (χ0n) is 8.64. The molecule has 0 aliphatic rings. The summed E-state index contributed by atoms with van der Waals surface area (Å²) in [5.74, 6) is 0.793. The van der Waals surface area contributed by atoms with Crippen molar-refractivity contribution in [3.63, 3.8) is 0 Å². The third-order valence-electron chi connectivity index (χ3n) is 2.23. The van der Waals surface area contributed by atoms with Crippen molar-refractivity contribution in [1.82, 2.24) is 4.57 Å². The highest BCUT2D eigenvalue weighted by Gasteiger charge is 2.05. The Morgan fingerprint density at radius 3 is 2.94 bits per heavy atom. The third-order valence-corrected chi connectivity index (χ3v) is 3.41. The van der Waals surface area contributed by atoms with Gasteiger partial charge in [-0.3, -0.25) is 4.79 Å². The van der Waals surface area contributed by atoms with Crippen LogP contribution in [0.3, 0.4) is 0 Å². The number of thiazole rings is 1. The van der Waals surface area contributed by atoms with Gasteiger partial charge in [0.15, 0.2) is 0 Å². The Labute approximate surface area is 105 Å². The van der Waals surface area contributed by atoms with E-state index >= 15 is 0 Å². The van der Waals surface area contributed by atoms with E-state index in [-0.39, 0.29) is 4.87 Å². The first-order chi connectivity index (χ1) is 7.70. The van der Waals surface area contributed by atoms with Crippen molar-refractivity contribution in [2.24, 2.45) is 0 Å². The van der Waals surface area contributed by atoms with Crippen LogP contribution in [0.5, 0.6) is 5.75 Å². The van der Waals surface area contributed by atoms with Crippen molar-refractivity contribution >= 4 is 27.3 Å². The van der Waals surface area contributed by atoms with Crippen molar-refractivity contribution in [2.75, 3.05) is 7.11 Å². The molecule has 16 heavy (non-hydrogen) atoms. The Morgan fingerprint density at radius 2 is 2.31 bits per heavy atom. The van der Waals surface area contributed by atoms with Crippen molar-refractivity contribution in [2.45, 2.75) is 6.54 Å². The lowest BCUT2D eigenvalue weighted by Gasteiger charge is -2.08. The van der Waals surface area contributed by atoms with E-state index in [1.807, 2.05) is 18.2 Å². The molecular weight excluding hydrogens is 290 g/mol. The molecule has 2 aromatic rings. The average molecular weight is 300 g/mol. The summed E-state index contributed by atoms with van der Waals surface area (Å²) >= 11 is 4.60. The van der Waals surface area contributed by atoms with Gasteiger partial charge >= 0.3 is 4.87 Å². The maximum atomic E-state index is 11.4. The predicted molar refractivity (Wildman–Crippen MR) is 68.4 cm³/mol. The van der Waals surface area contributed by atoms with Crippen LogP contribution in [0.2, 0.25) is 0 Å². The summed E-state index contributed by atoms with van der Waals surface area (Å²) in [5, 5.41) is 1.78. The van der Waals surface area contributed by atoms with Crippen molar-refractivity contribution < 1.29 is 4.74 Å². The molecule has 1 heterocycles. The quantitative estimate of drug-likeness (QED) is 0.873. The van der Waals surface area contributed by atoms with E-state index in [2.05, 4.69) is 15.9 Å². The van der Waals surface area contributed by atoms with Gasteiger partial charge in [-0.1, -0.05) is 27.3 Å². The monoisotopic (exact) mass is 299 g/mol. The SMILES string of the molecule is COc1ccc(Br)cc1Cn1ccsc1=O. The Morgan fingerprint density at radius 1 is 1.50 bits per heavy atom. The summed E-state index contributed by atoms with van der Waals surface area (Å²) in [7, 11) is 1.63. The topological polar surface area (TPSA) is 31.2 Å². The second kappa shape index (κ2) is 4.84. The Kier molecular flexibility index (Phi) is 3.46. The highest BCUT2D eigenvalue weighted by molar-refractivity contribution is 9.10. The summed E-state index contributed by atoms with van der Waals surface area (Å²) in [4.78, 5) is 11.5. The zero-order valence-corrected chi connectivity index (χ0v) is 11.0. The minimum absolute atomic E-state index is 0.0435. The molecule has 0 atom stereocenters. The van der Waals surface area contributed by atoms with Gasteiger partial charge in [0.25, 0.3) is 0 Å². The maximum absolute atomic E-state index is 11.4. The first-order valence-electron chi connectivity index (χ1n) is 4.67. The average Bonchev–Trinajstić information content (AvgIpc) is 2.65. The van der Waals surface area contributed by atoms with E-state index in [4.69, 9.17) is 4.74 Å². The van der Waals surface area contributed by atoms with Gasteiger partial charge in [-0.2, -0.15) is 0 Å². The molecule has 2 rings (SSSR count). The molecule has 0 saturated heterocycles. The van der Waals surface area contributed by atoms with Crippen LogP contribution in [0.4, 0.5) is 0 Å². The van der Waals surface area contributed by atoms with Crippen LogP contribution in [0.25, 0.3) is 0 Å². The summed E-state index contributed by atoms with van der Waals surface area (Å²) < 4.78 is 7.90. The molecular formula is C11H10BrNO2S. The predicted octanol–water partition coefficient (Wildman–Crippen LogP) is 2.73. The van der Waals surface area contributed by atoms with Gasteiger partial charge in [0.2, 0.25) is 0 Å². The van der Waals surface area contributed by atoms with Gasteiger partial charge in [-0.05, 0) is 18.2 Å². The van der Waals surface area contributed by atoms with Crippen LogP contribution in [-0.2, 0) is 6.54 Å². The van der Waals surface area contributed by atoms with Crippen LogP contribution in [0, 0.1) is 0 Å². The van der Waals surface area contributed by atoms with Crippen molar-refractivity contribution in [1.29, 1.82) is 0 Å².